The first-order valence-electron chi connectivity index (χ1n) is 9.09. The molecule has 0 radical (unpaired) electrons. The SMILES string of the molecule is Cn1ccc2ccc3c(=O)n(-c4cccnc4)c(=O)n(-c4ccc(Cl)c(Cl)c4)c3c21. The molecule has 0 spiro atoms. The monoisotopic (exact) mass is 436 g/mol. The topological polar surface area (TPSA) is 61.8 Å². The number of aryl methyl sites for hydroxylation is 1. The summed E-state index contributed by atoms with van der Waals surface area (Å²) in [6.45, 7) is 0. The van der Waals surface area contributed by atoms with Crippen molar-refractivity contribution >= 4 is 45.0 Å². The standard InChI is InChI=1S/C22H14Cl2N4O2/c1-26-10-8-13-4-6-16-20(19(13)26)27(14-5-7-17(23)18(24)11-14)22(30)28(21(16)29)15-3-2-9-25-12-15/h2-12H,1H3. The van der Waals surface area contributed by atoms with Crippen molar-refractivity contribution in [3.63, 3.8) is 0 Å². The van der Waals surface area contributed by atoms with Gasteiger partial charge in [0.15, 0.2) is 0 Å². The Morgan fingerprint density at radius 1 is 0.867 bits per heavy atom. The summed E-state index contributed by atoms with van der Waals surface area (Å²) in [7, 11) is 1.87. The third kappa shape index (κ3) is 2.69. The Kier molecular flexibility index (Phi) is 4.27. The molecule has 0 aliphatic rings. The maximum absolute atomic E-state index is 13.7. The van der Waals surface area contributed by atoms with Crippen molar-refractivity contribution in [1.82, 2.24) is 18.7 Å². The molecule has 2 aromatic carbocycles. The Morgan fingerprint density at radius 3 is 2.43 bits per heavy atom. The maximum Gasteiger partial charge on any atom is 0.340 e. The fourth-order valence-corrected chi connectivity index (χ4v) is 4.04. The third-order valence-electron chi connectivity index (χ3n) is 5.12. The molecule has 148 valence electrons. The van der Waals surface area contributed by atoms with Crippen molar-refractivity contribution in [1.29, 1.82) is 0 Å². The zero-order valence-electron chi connectivity index (χ0n) is 15.7. The summed E-state index contributed by atoms with van der Waals surface area (Å²) in [5, 5.41) is 2.00. The number of halogens is 2. The maximum atomic E-state index is 13.7. The van der Waals surface area contributed by atoms with E-state index in [0.29, 0.717) is 32.3 Å². The molecule has 0 atom stereocenters. The predicted octanol–water partition coefficient (Wildman–Crippen LogP) is 4.34. The molecule has 8 heteroatoms. The number of benzene rings is 2. The van der Waals surface area contributed by atoms with Crippen LogP contribution in [0.2, 0.25) is 10.0 Å². The lowest BCUT2D eigenvalue weighted by atomic mass is 10.1. The highest BCUT2D eigenvalue weighted by Gasteiger charge is 2.19. The van der Waals surface area contributed by atoms with Gasteiger partial charge in [-0.25, -0.2) is 9.36 Å². The summed E-state index contributed by atoms with van der Waals surface area (Å²) < 4.78 is 4.50. The van der Waals surface area contributed by atoms with Gasteiger partial charge in [-0.15, -0.1) is 0 Å². The van der Waals surface area contributed by atoms with Crippen LogP contribution in [0, 0.1) is 0 Å². The lowest BCUT2D eigenvalue weighted by Gasteiger charge is -2.16. The molecular weight excluding hydrogens is 423 g/mol. The highest BCUT2D eigenvalue weighted by Crippen LogP contribution is 2.28. The highest BCUT2D eigenvalue weighted by molar-refractivity contribution is 6.42. The van der Waals surface area contributed by atoms with Crippen LogP contribution in [0.4, 0.5) is 0 Å². The molecule has 30 heavy (non-hydrogen) atoms. The minimum Gasteiger partial charge on any atom is -0.349 e. The van der Waals surface area contributed by atoms with Gasteiger partial charge in [0.2, 0.25) is 0 Å². The van der Waals surface area contributed by atoms with Crippen LogP contribution < -0.4 is 11.2 Å². The Balaban J connectivity index is 2.06. The summed E-state index contributed by atoms with van der Waals surface area (Å²) in [6.07, 6.45) is 4.95. The Labute approximate surface area is 180 Å². The second-order valence-corrected chi connectivity index (χ2v) is 7.71. The lowest BCUT2D eigenvalue weighted by molar-refractivity contribution is 0.830. The van der Waals surface area contributed by atoms with E-state index in [2.05, 4.69) is 4.98 Å². The van der Waals surface area contributed by atoms with E-state index in [-0.39, 0.29) is 0 Å². The molecule has 0 aliphatic carbocycles. The van der Waals surface area contributed by atoms with Crippen molar-refractivity contribution in [3.05, 3.63) is 98.0 Å². The molecule has 0 amide bonds. The van der Waals surface area contributed by atoms with Gasteiger partial charge in [0.05, 0.1) is 44.0 Å². The molecular formula is C22H14Cl2N4O2. The summed E-state index contributed by atoms with van der Waals surface area (Å²) in [5.74, 6) is 0. The van der Waals surface area contributed by atoms with Crippen LogP contribution in [0.3, 0.4) is 0 Å². The van der Waals surface area contributed by atoms with Crippen molar-refractivity contribution < 1.29 is 0 Å². The largest absolute Gasteiger partial charge is 0.349 e. The van der Waals surface area contributed by atoms with Gasteiger partial charge < -0.3 is 4.57 Å². The van der Waals surface area contributed by atoms with Crippen molar-refractivity contribution in [2.45, 2.75) is 0 Å². The molecule has 6 nitrogen and oxygen atoms in total. The molecule has 5 aromatic rings. The first-order valence-corrected chi connectivity index (χ1v) is 9.84. The van der Waals surface area contributed by atoms with Crippen LogP contribution in [0.15, 0.2) is 76.7 Å². The van der Waals surface area contributed by atoms with Crippen LogP contribution in [-0.4, -0.2) is 18.7 Å². The zero-order chi connectivity index (χ0) is 21.0. The molecule has 0 saturated carbocycles. The second kappa shape index (κ2) is 6.86. The number of fused-ring (bicyclic) bond motifs is 3. The van der Waals surface area contributed by atoms with Gasteiger partial charge in [0.25, 0.3) is 5.56 Å². The fourth-order valence-electron chi connectivity index (χ4n) is 3.75. The Bertz CT molecular complexity index is 1570. The number of hydrogen-bond donors (Lipinski definition) is 0. The average molecular weight is 437 g/mol. The van der Waals surface area contributed by atoms with E-state index in [1.165, 1.54) is 10.8 Å². The van der Waals surface area contributed by atoms with Gasteiger partial charge in [-0.1, -0.05) is 29.3 Å². The van der Waals surface area contributed by atoms with Crippen LogP contribution in [0.25, 0.3) is 33.2 Å². The average Bonchev–Trinajstić information content (AvgIpc) is 3.12. The van der Waals surface area contributed by atoms with E-state index in [4.69, 9.17) is 23.2 Å². The van der Waals surface area contributed by atoms with E-state index in [1.54, 1.807) is 42.6 Å². The molecule has 0 aliphatic heterocycles. The highest BCUT2D eigenvalue weighted by atomic mass is 35.5. The predicted molar refractivity (Wildman–Crippen MR) is 119 cm³/mol. The molecule has 5 rings (SSSR count). The van der Waals surface area contributed by atoms with E-state index in [9.17, 15) is 9.59 Å². The number of pyridine rings is 1. The normalized spacial score (nSPS) is 11.4. The van der Waals surface area contributed by atoms with Gasteiger partial charge in [-0.2, -0.15) is 0 Å². The minimum absolute atomic E-state index is 0.312. The first kappa shape index (κ1) is 18.7. The van der Waals surface area contributed by atoms with E-state index in [0.717, 1.165) is 15.5 Å². The molecule has 0 bridgehead atoms. The summed E-state index contributed by atoms with van der Waals surface area (Å²) in [5.41, 5.74) is 1.23. The molecule has 0 unspecified atom stereocenters. The second-order valence-electron chi connectivity index (χ2n) is 6.89. The first-order chi connectivity index (χ1) is 14.5. The van der Waals surface area contributed by atoms with Crippen LogP contribution in [0.5, 0.6) is 0 Å². The van der Waals surface area contributed by atoms with Crippen LogP contribution in [0.1, 0.15) is 0 Å². The lowest BCUT2D eigenvalue weighted by Crippen LogP contribution is -2.38. The number of rotatable bonds is 2. The van der Waals surface area contributed by atoms with Gasteiger partial charge >= 0.3 is 5.69 Å². The van der Waals surface area contributed by atoms with Crippen molar-refractivity contribution in [3.8, 4) is 11.4 Å². The molecule has 0 saturated heterocycles. The van der Waals surface area contributed by atoms with E-state index < -0.39 is 11.2 Å². The van der Waals surface area contributed by atoms with Gasteiger partial charge in [-0.3, -0.25) is 14.3 Å². The Hall–Kier alpha value is -3.35. The number of nitrogens with zero attached hydrogens (tertiary/aromatic N) is 4. The zero-order valence-corrected chi connectivity index (χ0v) is 17.2. The summed E-state index contributed by atoms with van der Waals surface area (Å²) in [6, 6.07) is 13.8. The molecule has 0 fully saturated rings. The van der Waals surface area contributed by atoms with Crippen molar-refractivity contribution in [2.24, 2.45) is 7.05 Å². The number of hydrogen-bond acceptors (Lipinski definition) is 3. The smallest absolute Gasteiger partial charge is 0.340 e. The third-order valence-corrected chi connectivity index (χ3v) is 5.86. The van der Waals surface area contributed by atoms with Crippen molar-refractivity contribution in [2.75, 3.05) is 0 Å². The quantitative estimate of drug-likeness (QED) is 0.413. The summed E-state index contributed by atoms with van der Waals surface area (Å²) >= 11 is 12.3. The molecule has 0 N–H and O–H groups in total. The van der Waals surface area contributed by atoms with E-state index in [1.807, 2.05) is 29.9 Å². The fraction of sp³-hybridized carbons (Fsp3) is 0.0455. The minimum atomic E-state index is -0.521. The van der Waals surface area contributed by atoms with Gasteiger partial charge in [-0.05, 0) is 42.5 Å². The van der Waals surface area contributed by atoms with Crippen LogP contribution >= 0.6 is 23.2 Å². The Morgan fingerprint density at radius 2 is 1.70 bits per heavy atom. The van der Waals surface area contributed by atoms with E-state index >= 15 is 0 Å². The number of aromatic nitrogens is 4. The summed E-state index contributed by atoms with van der Waals surface area (Å²) in [4.78, 5) is 31.1. The molecule has 3 aromatic heterocycles. The van der Waals surface area contributed by atoms with Gasteiger partial charge in [0.1, 0.15) is 0 Å². The molecule has 3 heterocycles. The van der Waals surface area contributed by atoms with Crippen LogP contribution in [-0.2, 0) is 7.05 Å². The van der Waals surface area contributed by atoms with Gasteiger partial charge in [0, 0.05) is 24.8 Å².